The molecular formula is C29H33FN2O4. The zero-order chi connectivity index (χ0) is 25.3. The van der Waals surface area contributed by atoms with Crippen molar-refractivity contribution < 1.29 is 23.4 Å². The summed E-state index contributed by atoms with van der Waals surface area (Å²) >= 11 is 0. The maximum Gasteiger partial charge on any atom is 0.203 e. The summed E-state index contributed by atoms with van der Waals surface area (Å²) in [5.74, 6) is 1.62. The molecule has 0 spiro atoms. The SMILES string of the molecule is COc1cccc(OCCN2CCCc3c(CNc4ccc(CCC=O)c(F)c4)cccc32)c1OC. The molecule has 0 radical (unpaired) electrons. The number of carbonyl (C=O) groups is 1. The third-order valence-electron chi connectivity index (χ3n) is 6.50. The minimum absolute atomic E-state index is 0.282. The van der Waals surface area contributed by atoms with Crippen molar-refractivity contribution in [3.8, 4) is 17.2 Å². The number of aryl methyl sites for hydroxylation is 1. The number of methoxy groups -OCH3 is 2. The first-order valence-corrected chi connectivity index (χ1v) is 12.3. The molecule has 0 atom stereocenters. The van der Waals surface area contributed by atoms with E-state index >= 15 is 0 Å². The number of anilines is 2. The van der Waals surface area contributed by atoms with Gasteiger partial charge in [0.1, 0.15) is 18.7 Å². The Bertz CT molecular complexity index is 1180. The molecule has 0 unspecified atom stereocenters. The molecule has 0 amide bonds. The van der Waals surface area contributed by atoms with Gasteiger partial charge in [-0.1, -0.05) is 24.3 Å². The topological polar surface area (TPSA) is 60.0 Å². The van der Waals surface area contributed by atoms with E-state index in [1.165, 1.54) is 22.9 Å². The Morgan fingerprint density at radius 1 is 1.03 bits per heavy atom. The second-order valence-electron chi connectivity index (χ2n) is 8.71. The number of carbonyl (C=O) groups excluding carboxylic acids is 1. The molecule has 0 saturated heterocycles. The monoisotopic (exact) mass is 492 g/mol. The molecule has 0 bridgehead atoms. The van der Waals surface area contributed by atoms with Gasteiger partial charge in [0.05, 0.1) is 20.8 Å². The number of fused-ring (bicyclic) bond motifs is 1. The Balaban J connectivity index is 1.40. The van der Waals surface area contributed by atoms with E-state index in [0.717, 1.165) is 37.9 Å². The first kappa shape index (κ1) is 25.4. The largest absolute Gasteiger partial charge is 0.493 e. The zero-order valence-electron chi connectivity index (χ0n) is 20.9. The van der Waals surface area contributed by atoms with E-state index in [2.05, 4.69) is 28.4 Å². The molecule has 7 heteroatoms. The number of hydrogen-bond acceptors (Lipinski definition) is 6. The van der Waals surface area contributed by atoms with Crippen LogP contribution < -0.4 is 24.4 Å². The molecule has 0 aromatic heterocycles. The van der Waals surface area contributed by atoms with Crippen LogP contribution in [0, 0.1) is 5.82 Å². The molecule has 1 aliphatic rings. The Hall–Kier alpha value is -3.74. The average Bonchev–Trinajstić information content (AvgIpc) is 2.91. The number of ether oxygens (including phenoxy) is 3. The molecule has 1 aliphatic heterocycles. The maximum absolute atomic E-state index is 14.4. The lowest BCUT2D eigenvalue weighted by Gasteiger charge is -2.32. The van der Waals surface area contributed by atoms with Gasteiger partial charge in [-0.25, -0.2) is 4.39 Å². The minimum atomic E-state index is -0.282. The highest BCUT2D eigenvalue weighted by atomic mass is 19.1. The van der Waals surface area contributed by atoms with Gasteiger partial charge in [-0.15, -0.1) is 0 Å². The van der Waals surface area contributed by atoms with E-state index in [0.29, 0.717) is 48.8 Å². The van der Waals surface area contributed by atoms with E-state index in [1.807, 2.05) is 24.3 Å². The van der Waals surface area contributed by atoms with Crippen LogP contribution in [0.25, 0.3) is 0 Å². The Kier molecular flexibility index (Phi) is 8.66. The Morgan fingerprint density at radius 2 is 1.86 bits per heavy atom. The normalized spacial score (nSPS) is 12.6. The van der Waals surface area contributed by atoms with Gasteiger partial charge in [0.15, 0.2) is 11.5 Å². The number of hydrogen-bond donors (Lipinski definition) is 1. The van der Waals surface area contributed by atoms with Crippen molar-refractivity contribution >= 4 is 17.7 Å². The molecule has 36 heavy (non-hydrogen) atoms. The van der Waals surface area contributed by atoms with Crippen LogP contribution in [-0.2, 0) is 24.2 Å². The molecule has 0 fully saturated rings. The molecule has 3 aromatic rings. The lowest BCUT2D eigenvalue weighted by molar-refractivity contribution is -0.107. The zero-order valence-corrected chi connectivity index (χ0v) is 20.9. The average molecular weight is 493 g/mol. The summed E-state index contributed by atoms with van der Waals surface area (Å²) in [7, 11) is 3.22. The van der Waals surface area contributed by atoms with Crippen LogP contribution >= 0.6 is 0 Å². The van der Waals surface area contributed by atoms with Crippen LogP contribution in [0.3, 0.4) is 0 Å². The molecule has 3 aromatic carbocycles. The van der Waals surface area contributed by atoms with Crippen LogP contribution in [0.4, 0.5) is 15.8 Å². The number of para-hydroxylation sites is 1. The highest BCUT2D eigenvalue weighted by Gasteiger charge is 2.20. The fraction of sp³-hybridized carbons (Fsp3) is 0.345. The van der Waals surface area contributed by atoms with Gasteiger partial charge in [0, 0.05) is 30.9 Å². The highest BCUT2D eigenvalue weighted by Crippen LogP contribution is 2.37. The first-order chi connectivity index (χ1) is 17.6. The number of halogens is 1. The second-order valence-corrected chi connectivity index (χ2v) is 8.71. The number of nitrogens with zero attached hydrogens (tertiary/aromatic N) is 1. The summed E-state index contributed by atoms with van der Waals surface area (Å²) < 4.78 is 31.3. The molecule has 0 saturated carbocycles. The van der Waals surface area contributed by atoms with Crippen molar-refractivity contribution in [1.82, 2.24) is 0 Å². The minimum Gasteiger partial charge on any atom is -0.493 e. The van der Waals surface area contributed by atoms with Crippen molar-refractivity contribution in [2.24, 2.45) is 0 Å². The Morgan fingerprint density at radius 3 is 2.64 bits per heavy atom. The van der Waals surface area contributed by atoms with Gasteiger partial charge in [0.2, 0.25) is 5.75 Å². The first-order valence-electron chi connectivity index (χ1n) is 12.3. The van der Waals surface area contributed by atoms with Crippen molar-refractivity contribution in [2.75, 3.05) is 44.1 Å². The van der Waals surface area contributed by atoms with E-state index in [9.17, 15) is 9.18 Å². The van der Waals surface area contributed by atoms with Crippen LogP contribution in [0.15, 0.2) is 54.6 Å². The number of nitrogens with one attached hydrogen (secondary N) is 1. The van der Waals surface area contributed by atoms with Gasteiger partial charge in [-0.3, -0.25) is 0 Å². The van der Waals surface area contributed by atoms with Crippen LogP contribution in [0.1, 0.15) is 29.5 Å². The van der Waals surface area contributed by atoms with E-state index in [1.54, 1.807) is 20.3 Å². The number of aldehydes is 1. The number of rotatable bonds is 12. The summed E-state index contributed by atoms with van der Waals surface area (Å²) in [4.78, 5) is 12.9. The molecule has 0 aliphatic carbocycles. The predicted octanol–water partition coefficient (Wildman–Crippen LogP) is 5.42. The fourth-order valence-corrected chi connectivity index (χ4v) is 4.68. The summed E-state index contributed by atoms with van der Waals surface area (Å²) in [5.41, 5.74) is 5.04. The van der Waals surface area contributed by atoms with Gasteiger partial charge in [-0.05, 0) is 66.3 Å². The Labute approximate surface area is 212 Å². The maximum atomic E-state index is 14.4. The lowest BCUT2D eigenvalue weighted by atomic mass is 9.96. The van der Waals surface area contributed by atoms with Crippen molar-refractivity contribution in [2.45, 2.75) is 32.2 Å². The third kappa shape index (κ3) is 5.90. The third-order valence-corrected chi connectivity index (χ3v) is 6.50. The quantitative estimate of drug-likeness (QED) is 0.341. The molecular weight excluding hydrogens is 459 g/mol. The van der Waals surface area contributed by atoms with Crippen molar-refractivity contribution in [3.05, 3.63) is 77.1 Å². The fourth-order valence-electron chi connectivity index (χ4n) is 4.68. The molecule has 4 rings (SSSR count). The van der Waals surface area contributed by atoms with Gasteiger partial charge in [0.25, 0.3) is 0 Å². The van der Waals surface area contributed by atoms with Crippen LogP contribution in [0.2, 0.25) is 0 Å². The molecule has 1 N–H and O–H groups in total. The smallest absolute Gasteiger partial charge is 0.203 e. The van der Waals surface area contributed by atoms with Gasteiger partial charge >= 0.3 is 0 Å². The summed E-state index contributed by atoms with van der Waals surface area (Å²) in [6.07, 6.45) is 3.63. The molecule has 190 valence electrons. The summed E-state index contributed by atoms with van der Waals surface area (Å²) in [5, 5.41) is 3.36. The van der Waals surface area contributed by atoms with E-state index < -0.39 is 0 Å². The number of benzene rings is 3. The van der Waals surface area contributed by atoms with E-state index in [-0.39, 0.29) is 5.82 Å². The summed E-state index contributed by atoms with van der Waals surface area (Å²) in [6, 6.07) is 17.1. The van der Waals surface area contributed by atoms with Crippen LogP contribution in [-0.4, -0.2) is 40.2 Å². The van der Waals surface area contributed by atoms with Crippen LogP contribution in [0.5, 0.6) is 17.2 Å². The van der Waals surface area contributed by atoms with Crippen molar-refractivity contribution in [3.63, 3.8) is 0 Å². The van der Waals surface area contributed by atoms with E-state index in [4.69, 9.17) is 14.2 Å². The lowest BCUT2D eigenvalue weighted by Crippen LogP contribution is -2.33. The summed E-state index contributed by atoms with van der Waals surface area (Å²) in [6.45, 7) is 2.84. The molecule has 6 nitrogen and oxygen atoms in total. The van der Waals surface area contributed by atoms with Gasteiger partial charge < -0.3 is 29.2 Å². The second kappa shape index (κ2) is 12.3. The molecule has 1 heterocycles. The highest BCUT2D eigenvalue weighted by molar-refractivity contribution is 5.60. The predicted molar refractivity (Wildman–Crippen MR) is 140 cm³/mol. The van der Waals surface area contributed by atoms with Gasteiger partial charge in [-0.2, -0.15) is 0 Å². The standard InChI is InChI=1S/C29H33FN2O4/c1-34-27-11-4-12-28(29(27)35-2)36-18-16-32-15-5-9-24-22(7-3-10-26(24)32)20-31-23-14-13-21(8-6-17-33)25(30)19-23/h3-4,7,10-14,17,19,31H,5-6,8-9,15-16,18,20H2,1-2H3. The van der Waals surface area contributed by atoms with Crippen molar-refractivity contribution in [1.29, 1.82) is 0 Å².